The zero-order valence-electron chi connectivity index (χ0n) is 20.0. The van der Waals surface area contributed by atoms with E-state index in [1.165, 1.54) is 34.7 Å². The molecule has 3 heteroatoms. The molecule has 0 atom stereocenters. The first-order valence-electron chi connectivity index (χ1n) is 12.2. The fourth-order valence-electron chi connectivity index (χ4n) is 4.59. The Bertz CT molecular complexity index is 1480. The van der Waals surface area contributed by atoms with Crippen LogP contribution in [0, 0.1) is 0 Å². The van der Waals surface area contributed by atoms with Crippen molar-refractivity contribution in [1.29, 1.82) is 0 Å². The predicted molar refractivity (Wildman–Crippen MR) is 152 cm³/mol. The Labute approximate surface area is 211 Å². The van der Waals surface area contributed by atoms with Gasteiger partial charge in [0.1, 0.15) is 0 Å². The molecule has 5 aromatic rings. The molecule has 1 N–H and O–H groups in total. The molecule has 0 radical (unpaired) electrons. The van der Waals surface area contributed by atoms with E-state index in [1.807, 2.05) is 48.2 Å². The molecule has 5 aromatic carbocycles. The van der Waals surface area contributed by atoms with E-state index in [0.29, 0.717) is 5.56 Å². The molecule has 174 valence electrons. The van der Waals surface area contributed by atoms with Gasteiger partial charge in [-0.25, -0.2) is 0 Å². The van der Waals surface area contributed by atoms with Gasteiger partial charge in [0.15, 0.2) is 0 Å². The van der Waals surface area contributed by atoms with Crippen LogP contribution in [0.5, 0.6) is 0 Å². The van der Waals surface area contributed by atoms with Gasteiger partial charge in [-0.15, -0.1) is 0 Å². The number of carbonyl (C=O) groups excluding carboxylic acids is 1. The molecule has 0 saturated carbocycles. The van der Waals surface area contributed by atoms with E-state index in [9.17, 15) is 4.79 Å². The highest BCUT2D eigenvalue weighted by atomic mass is 32.2. The molecular weight excluding hydrogens is 446 g/mol. The van der Waals surface area contributed by atoms with E-state index in [0.717, 1.165) is 33.5 Å². The molecule has 0 aliphatic rings. The van der Waals surface area contributed by atoms with E-state index in [2.05, 4.69) is 79.0 Å². The van der Waals surface area contributed by atoms with Crippen LogP contribution in [0.25, 0.3) is 32.7 Å². The van der Waals surface area contributed by atoms with Gasteiger partial charge in [0.05, 0.1) is 0 Å². The molecule has 0 bridgehead atoms. The third-order valence-corrected chi connectivity index (χ3v) is 7.47. The average Bonchev–Trinajstić information content (AvgIpc) is 2.91. The monoisotopic (exact) mass is 475 g/mol. The normalized spacial score (nSPS) is 11.1. The standard InChI is InChI=1S/C32H29NOS/c1-2-3-21-35-22-26-18-17-23-11-7-9-15-27(23)30(26)31-28-16-10-8-12-24(28)19-20-29(31)33-32(34)25-13-5-4-6-14-25/h4-20H,2-3,21-22H2,1H3,(H,33,34). The number of hydrogen-bond donors (Lipinski definition) is 1. The summed E-state index contributed by atoms with van der Waals surface area (Å²) in [7, 11) is 0. The summed E-state index contributed by atoms with van der Waals surface area (Å²) in [6, 6.07) is 35.1. The lowest BCUT2D eigenvalue weighted by Gasteiger charge is -2.20. The second-order valence-corrected chi connectivity index (χ2v) is 9.86. The number of hydrogen-bond acceptors (Lipinski definition) is 2. The van der Waals surface area contributed by atoms with Crippen molar-refractivity contribution in [2.45, 2.75) is 25.5 Å². The Morgan fingerprint density at radius 1 is 0.714 bits per heavy atom. The summed E-state index contributed by atoms with van der Waals surface area (Å²) in [5.41, 5.74) is 5.10. The van der Waals surface area contributed by atoms with Crippen molar-refractivity contribution in [3.63, 3.8) is 0 Å². The molecule has 2 nitrogen and oxygen atoms in total. The average molecular weight is 476 g/mol. The van der Waals surface area contributed by atoms with Crippen LogP contribution in [0.15, 0.2) is 103 Å². The summed E-state index contributed by atoms with van der Waals surface area (Å²) in [6.07, 6.45) is 2.43. The molecule has 1 amide bonds. The van der Waals surface area contributed by atoms with Gasteiger partial charge >= 0.3 is 0 Å². The Balaban J connectivity index is 1.71. The molecule has 0 aliphatic heterocycles. The highest BCUT2D eigenvalue weighted by Crippen LogP contribution is 2.42. The van der Waals surface area contributed by atoms with Crippen LogP contribution in [-0.4, -0.2) is 11.7 Å². The van der Waals surface area contributed by atoms with Crippen LogP contribution in [0.3, 0.4) is 0 Å². The Morgan fingerprint density at radius 2 is 1.34 bits per heavy atom. The minimum absolute atomic E-state index is 0.0961. The first-order valence-corrected chi connectivity index (χ1v) is 13.4. The molecule has 0 unspecified atom stereocenters. The Morgan fingerprint density at radius 3 is 2.06 bits per heavy atom. The maximum Gasteiger partial charge on any atom is 0.255 e. The molecule has 0 heterocycles. The first kappa shape index (κ1) is 23.2. The summed E-state index contributed by atoms with van der Waals surface area (Å²) in [4.78, 5) is 13.2. The van der Waals surface area contributed by atoms with Crippen LogP contribution in [0.1, 0.15) is 35.7 Å². The predicted octanol–water partition coefficient (Wildman–Crippen LogP) is 8.95. The third-order valence-electron chi connectivity index (χ3n) is 6.38. The molecular formula is C32H29NOS. The van der Waals surface area contributed by atoms with Crippen molar-refractivity contribution in [2.75, 3.05) is 11.1 Å². The van der Waals surface area contributed by atoms with Gasteiger partial charge in [0.25, 0.3) is 5.91 Å². The van der Waals surface area contributed by atoms with Gasteiger partial charge in [-0.2, -0.15) is 11.8 Å². The lowest BCUT2D eigenvalue weighted by atomic mass is 9.89. The number of amides is 1. The number of fused-ring (bicyclic) bond motifs is 2. The Hall–Kier alpha value is -3.56. The van der Waals surface area contributed by atoms with Crippen LogP contribution < -0.4 is 5.32 Å². The van der Waals surface area contributed by atoms with Crippen molar-refractivity contribution < 1.29 is 4.79 Å². The maximum absolute atomic E-state index is 13.2. The van der Waals surface area contributed by atoms with E-state index in [-0.39, 0.29) is 5.91 Å². The van der Waals surface area contributed by atoms with Crippen molar-refractivity contribution >= 4 is 44.9 Å². The van der Waals surface area contributed by atoms with Crippen LogP contribution in [0.4, 0.5) is 5.69 Å². The van der Waals surface area contributed by atoms with Crippen molar-refractivity contribution in [3.05, 3.63) is 114 Å². The summed E-state index contributed by atoms with van der Waals surface area (Å²) in [5.74, 6) is 1.99. The molecule has 0 fully saturated rings. The number of carbonyl (C=O) groups is 1. The molecule has 35 heavy (non-hydrogen) atoms. The van der Waals surface area contributed by atoms with Gasteiger partial charge in [0.2, 0.25) is 0 Å². The highest BCUT2D eigenvalue weighted by Gasteiger charge is 2.18. The van der Waals surface area contributed by atoms with Crippen LogP contribution in [0.2, 0.25) is 0 Å². The summed E-state index contributed by atoms with van der Waals surface area (Å²) < 4.78 is 0. The third kappa shape index (κ3) is 4.96. The quantitative estimate of drug-likeness (QED) is 0.227. The lowest BCUT2D eigenvalue weighted by Crippen LogP contribution is -2.12. The molecule has 0 saturated heterocycles. The zero-order valence-corrected chi connectivity index (χ0v) is 20.8. The molecule has 0 aliphatic carbocycles. The minimum atomic E-state index is -0.0961. The van der Waals surface area contributed by atoms with Crippen molar-refractivity contribution in [1.82, 2.24) is 0 Å². The summed E-state index contributed by atoms with van der Waals surface area (Å²) >= 11 is 1.98. The van der Waals surface area contributed by atoms with Crippen molar-refractivity contribution in [3.8, 4) is 11.1 Å². The number of unbranched alkanes of at least 4 members (excludes halogenated alkanes) is 1. The topological polar surface area (TPSA) is 29.1 Å². The molecule has 0 aromatic heterocycles. The fraction of sp³-hybridized carbons (Fsp3) is 0.156. The lowest BCUT2D eigenvalue weighted by molar-refractivity contribution is 0.102. The second-order valence-electron chi connectivity index (χ2n) is 8.76. The van der Waals surface area contributed by atoms with Crippen molar-refractivity contribution in [2.24, 2.45) is 0 Å². The molecule has 0 spiro atoms. The Kier molecular flexibility index (Phi) is 7.15. The van der Waals surface area contributed by atoms with E-state index in [1.54, 1.807) is 0 Å². The highest BCUT2D eigenvalue weighted by molar-refractivity contribution is 7.98. The number of nitrogens with one attached hydrogen (secondary N) is 1. The van der Waals surface area contributed by atoms with Gasteiger partial charge in [-0.1, -0.05) is 98.3 Å². The van der Waals surface area contributed by atoms with E-state index >= 15 is 0 Å². The zero-order chi connectivity index (χ0) is 24.0. The van der Waals surface area contributed by atoms with Crippen LogP contribution >= 0.6 is 11.8 Å². The van der Waals surface area contributed by atoms with Gasteiger partial charge in [-0.3, -0.25) is 4.79 Å². The smallest absolute Gasteiger partial charge is 0.255 e. The SMILES string of the molecule is CCCCSCc1ccc2ccccc2c1-c1c(NC(=O)c2ccccc2)ccc2ccccc12. The number of thioether (sulfide) groups is 1. The number of rotatable bonds is 8. The summed E-state index contributed by atoms with van der Waals surface area (Å²) in [6.45, 7) is 2.24. The summed E-state index contributed by atoms with van der Waals surface area (Å²) in [5, 5.41) is 7.97. The number of anilines is 1. The fourth-order valence-corrected chi connectivity index (χ4v) is 5.69. The first-order chi connectivity index (χ1) is 17.3. The minimum Gasteiger partial charge on any atom is -0.321 e. The second kappa shape index (κ2) is 10.8. The van der Waals surface area contributed by atoms with Crippen LogP contribution in [-0.2, 0) is 5.75 Å². The van der Waals surface area contributed by atoms with E-state index in [4.69, 9.17) is 0 Å². The maximum atomic E-state index is 13.2. The molecule has 5 rings (SSSR count). The van der Waals surface area contributed by atoms with Gasteiger partial charge in [0, 0.05) is 22.6 Å². The largest absolute Gasteiger partial charge is 0.321 e. The van der Waals surface area contributed by atoms with E-state index < -0.39 is 0 Å². The number of benzene rings is 5. The van der Waals surface area contributed by atoms with Gasteiger partial charge in [-0.05, 0) is 63.0 Å². The van der Waals surface area contributed by atoms with Gasteiger partial charge < -0.3 is 5.32 Å².